The van der Waals surface area contributed by atoms with Crippen molar-refractivity contribution >= 4 is 25.3 Å². The van der Waals surface area contributed by atoms with Gasteiger partial charge in [-0.2, -0.15) is 12.6 Å². The van der Waals surface area contributed by atoms with Crippen LogP contribution in [0.1, 0.15) is 0 Å². The lowest BCUT2D eigenvalue weighted by atomic mass is 11.0. The molecule has 0 aliphatic carbocycles. The van der Waals surface area contributed by atoms with Gasteiger partial charge in [-0.3, -0.25) is 0 Å². The van der Waals surface area contributed by atoms with Crippen molar-refractivity contribution in [1.29, 1.82) is 0 Å². The molecule has 0 rings (SSSR count). The molecule has 0 aliphatic rings. The first-order chi connectivity index (χ1) is 4.18. The van der Waals surface area contributed by atoms with Crippen molar-refractivity contribution < 1.29 is 9.47 Å². The van der Waals surface area contributed by atoms with E-state index in [9.17, 15) is 0 Å². The summed E-state index contributed by atoms with van der Waals surface area (Å²) in [5.41, 5.74) is 0. The molecular formula is C4H11NO2S2. The molecule has 3 nitrogen and oxygen atoms in total. The number of hydrogen-bond acceptors (Lipinski definition) is 5. The second kappa shape index (κ2) is 4.40. The number of rotatable bonds is 4. The number of ether oxygens (including phenoxy) is 2. The van der Waals surface area contributed by atoms with Gasteiger partial charge in [0.15, 0.2) is 0 Å². The summed E-state index contributed by atoms with van der Waals surface area (Å²) in [5, 5.41) is 1.74. The van der Waals surface area contributed by atoms with Gasteiger partial charge in [-0.25, -0.2) is 5.32 Å². The smallest absolute Gasteiger partial charge is 0.277 e. The number of thiol groups is 2. The lowest BCUT2D eigenvalue weighted by molar-refractivity contribution is -0.150. The fourth-order valence-corrected chi connectivity index (χ4v) is 0.740. The largest absolute Gasteiger partial charge is 0.332 e. The molecule has 0 aliphatic heterocycles. The Balaban J connectivity index is 3.62. The van der Waals surface area contributed by atoms with Gasteiger partial charge >= 0.3 is 0 Å². The molecule has 0 atom stereocenters. The zero-order valence-corrected chi connectivity index (χ0v) is 7.21. The fraction of sp³-hybridized carbons (Fsp3) is 1.00. The van der Waals surface area contributed by atoms with Crippen LogP contribution in [0.2, 0.25) is 0 Å². The molecule has 0 fully saturated rings. The molecule has 0 aromatic carbocycles. The van der Waals surface area contributed by atoms with Crippen LogP contribution in [0, 0.1) is 0 Å². The van der Waals surface area contributed by atoms with E-state index in [1.807, 2.05) is 0 Å². The minimum Gasteiger partial charge on any atom is -0.332 e. The molecule has 0 aromatic heterocycles. The van der Waals surface area contributed by atoms with E-state index in [1.54, 1.807) is 0 Å². The molecule has 0 aromatic rings. The van der Waals surface area contributed by atoms with Gasteiger partial charge in [0.2, 0.25) is 0 Å². The minimum atomic E-state index is -0.998. The summed E-state index contributed by atoms with van der Waals surface area (Å²) in [6.07, 6.45) is 0. The molecule has 0 saturated carbocycles. The van der Waals surface area contributed by atoms with Gasteiger partial charge < -0.3 is 9.47 Å². The summed E-state index contributed by atoms with van der Waals surface area (Å²) < 4.78 is 9.62. The van der Waals surface area contributed by atoms with Crippen LogP contribution >= 0.6 is 25.3 Å². The summed E-state index contributed by atoms with van der Waals surface area (Å²) in [6, 6.07) is 0. The first kappa shape index (κ1) is 9.58. The molecule has 0 amide bonds. The summed E-state index contributed by atoms with van der Waals surface area (Å²) in [5.74, 6) is 0.450. The third-order valence-electron chi connectivity index (χ3n) is 0.856. The van der Waals surface area contributed by atoms with E-state index in [-0.39, 0.29) is 0 Å². The Hall–Kier alpha value is 0.580. The second-order valence-electron chi connectivity index (χ2n) is 1.32. The summed E-state index contributed by atoms with van der Waals surface area (Å²) in [4.78, 5) is 0. The Bertz CT molecular complexity index is 77.0. The Morgan fingerprint density at radius 2 is 1.89 bits per heavy atom. The highest BCUT2D eigenvalue weighted by molar-refractivity contribution is 7.81. The van der Waals surface area contributed by atoms with E-state index in [1.165, 1.54) is 14.2 Å². The molecule has 9 heavy (non-hydrogen) atoms. The maximum Gasteiger partial charge on any atom is 0.277 e. The molecule has 56 valence electrons. The van der Waals surface area contributed by atoms with E-state index in [0.29, 0.717) is 5.88 Å². The number of methoxy groups -OCH3 is 2. The van der Waals surface area contributed by atoms with Crippen LogP contribution in [0.4, 0.5) is 0 Å². The van der Waals surface area contributed by atoms with Gasteiger partial charge in [0.1, 0.15) is 0 Å². The molecule has 0 saturated heterocycles. The highest BCUT2D eigenvalue weighted by atomic mass is 32.1. The first-order valence-electron chi connectivity index (χ1n) is 2.37. The van der Waals surface area contributed by atoms with Crippen molar-refractivity contribution in [1.82, 2.24) is 5.32 Å². The Labute approximate surface area is 65.9 Å². The average molecular weight is 169 g/mol. The molecule has 0 heterocycles. The molecule has 0 spiro atoms. The third kappa shape index (κ3) is 3.32. The van der Waals surface area contributed by atoms with Gasteiger partial charge in [-0.05, 0) is 0 Å². The second-order valence-corrected chi connectivity index (χ2v) is 2.23. The van der Waals surface area contributed by atoms with Crippen LogP contribution in [0.3, 0.4) is 0 Å². The summed E-state index contributed by atoms with van der Waals surface area (Å²) >= 11 is 7.90. The number of hydrogen-bond donors (Lipinski definition) is 3. The molecular weight excluding hydrogens is 158 g/mol. The monoisotopic (exact) mass is 169 g/mol. The van der Waals surface area contributed by atoms with Crippen molar-refractivity contribution in [3.05, 3.63) is 0 Å². The maximum absolute atomic E-state index is 4.81. The highest BCUT2D eigenvalue weighted by Gasteiger charge is 2.21. The predicted molar refractivity (Wildman–Crippen MR) is 42.7 cm³/mol. The zero-order chi connectivity index (χ0) is 7.33. The van der Waals surface area contributed by atoms with Gasteiger partial charge in [-0.1, -0.05) is 12.6 Å². The van der Waals surface area contributed by atoms with Crippen LogP contribution in [0.15, 0.2) is 0 Å². The van der Waals surface area contributed by atoms with Crippen LogP contribution in [-0.2, 0) is 9.47 Å². The van der Waals surface area contributed by atoms with Crippen LogP contribution in [-0.4, -0.2) is 25.3 Å². The van der Waals surface area contributed by atoms with Crippen molar-refractivity contribution in [2.75, 3.05) is 20.1 Å². The van der Waals surface area contributed by atoms with Crippen molar-refractivity contribution in [3.63, 3.8) is 0 Å². The van der Waals surface area contributed by atoms with E-state index in [4.69, 9.17) is 9.47 Å². The van der Waals surface area contributed by atoms with Gasteiger partial charge in [0.05, 0.1) is 0 Å². The van der Waals surface area contributed by atoms with Crippen LogP contribution in [0.25, 0.3) is 0 Å². The topological polar surface area (TPSA) is 30.5 Å². The summed E-state index contributed by atoms with van der Waals surface area (Å²) in [6.45, 7) is 0. The average Bonchev–Trinajstić information content (AvgIpc) is 1.89. The van der Waals surface area contributed by atoms with E-state index >= 15 is 0 Å². The molecule has 5 heteroatoms. The van der Waals surface area contributed by atoms with Crippen molar-refractivity contribution in [2.45, 2.75) is 5.24 Å². The fourth-order valence-electron chi connectivity index (χ4n) is 0.328. The van der Waals surface area contributed by atoms with Crippen LogP contribution < -0.4 is 5.32 Å². The van der Waals surface area contributed by atoms with Crippen molar-refractivity contribution in [3.8, 4) is 0 Å². The SMILES string of the molecule is COC(S)(NCS)OC. The van der Waals surface area contributed by atoms with Crippen LogP contribution in [0.5, 0.6) is 0 Å². The lowest BCUT2D eigenvalue weighted by Gasteiger charge is -2.24. The van der Waals surface area contributed by atoms with Gasteiger partial charge in [-0.15, -0.1) is 0 Å². The zero-order valence-electron chi connectivity index (χ0n) is 5.42. The molecule has 0 unspecified atom stereocenters. The van der Waals surface area contributed by atoms with Crippen molar-refractivity contribution in [2.24, 2.45) is 0 Å². The lowest BCUT2D eigenvalue weighted by Crippen LogP contribution is -2.42. The quantitative estimate of drug-likeness (QED) is 0.418. The maximum atomic E-state index is 4.81. The first-order valence-corrected chi connectivity index (χ1v) is 3.45. The third-order valence-corrected chi connectivity index (χ3v) is 1.54. The Morgan fingerprint density at radius 1 is 1.44 bits per heavy atom. The minimum absolute atomic E-state index is 0.450. The molecule has 0 radical (unpaired) electrons. The van der Waals surface area contributed by atoms with Gasteiger partial charge in [0, 0.05) is 20.1 Å². The standard InChI is InChI=1S/C4H11NO2S2/c1-6-4(9,7-2)5-3-8/h5,8-9H,3H2,1-2H3. The normalized spacial score (nSPS) is 12.0. The highest BCUT2D eigenvalue weighted by Crippen LogP contribution is 2.10. The van der Waals surface area contributed by atoms with E-state index in [2.05, 4.69) is 30.6 Å². The van der Waals surface area contributed by atoms with E-state index in [0.717, 1.165) is 0 Å². The number of nitrogens with one attached hydrogen (secondary N) is 1. The predicted octanol–water partition coefficient (Wildman–Crippen LogP) is 0.297. The Morgan fingerprint density at radius 3 is 2.00 bits per heavy atom. The van der Waals surface area contributed by atoms with Gasteiger partial charge in [0.25, 0.3) is 5.24 Å². The summed E-state index contributed by atoms with van der Waals surface area (Å²) in [7, 11) is 2.99. The Kier molecular flexibility index (Phi) is 4.69. The van der Waals surface area contributed by atoms with E-state index < -0.39 is 5.24 Å². The molecule has 1 N–H and O–H groups in total. The molecule has 0 bridgehead atoms.